The topological polar surface area (TPSA) is 30.9 Å². The predicted octanol–water partition coefficient (Wildman–Crippen LogP) is 2.57. The summed E-state index contributed by atoms with van der Waals surface area (Å²) in [6, 6.07) is 5.56. The average molecular weight is 289 g/mol. The van der Waals surface area contributed by atoms with Gasteiger partial charge in [-0.2, -0.15) is 0 Å². The molecular formula is C17H23NO3. The second-order valence-electron chi connectivity index (χ2n) is 4.97. The van der Waals surface area contributed by atoms with Gasteiger partial charge in [0.1, 0.15) is 6.61 Å². The van der Waals surface area contributed by atoms with E-state index in [9.17, 15) is 0 Å². The van der Waals surface area contributed by atoms with E-state index in [0.717, 1.165) is 19.6 Å². The monoisotopic (exact) mass is 289 g/mol. The van der Waals surface area contributed by atoms with Crippen molar-refractivity contribution in [2.75, 3.05) is 40.5 Å². The zero-order valence-electron chi connectivity index (χ0n) is 12.9. The fourth-order valence-corrected chi connectivity index (χ4v) is 2.40. The number of rotatable bonds is 5. The van der Waals surface area contributed by atoms with Crippen LogP contribution in [0.3, 0.4) is 0 Å². The van der Waals surface area contributed by atoms with Gasteiger partial charge in [-0.05, 0) is 38.1 Å². The van der Waals surface area contributed by atoms with E-state index in [-0.39, 0.29) is 0 Å². The lowest BCUT2D eigenvalue weighted by Crippen LogP contribution is -2.29. The summed E-state index contributed by atoms with van der Waals surface area (Å²) in [5.74, 6) is 8.15. The number of methoxy groups -OCH3 is 2. The summed E-state index contributed by atoms with van der Waals surface area (Å²) >= 11 is 0. The molecule has 0 aromatic heterocycles. The van der Waals surface area contributed by atoms with Crippen LogP contribution in [0.5, 0.6) is 17.2 Å². The third-order valence-corrected chi connectivity index (χ3v) is 3.55. The second kappa shape index (κ2) is 8.43. The van der Waals surface area contributed by atoms with Crippen LogP contribution >= 0.6 is 0 Å². The minimum atomic E-state index is 0.338. The van der Waals surface area contributed by atoms with Gasteiger partial charge in [0.05, 0.1) is 20.8 Å². The van der Waals surface area contributed by atoms with Crippen molar-refractivity contribution in [1.29, 1.82) is 0 Å². The normalized spacial score (nSPS) is 15.0. The summed E-state index contributed by atoms with van der Waals surface area (Å²) in [5.41, 5.74) is 0. The Balaban J connectivity index is 1.85. The van der Waals surface area contributed by atoms with E-state index in [1.807, 2.05) is 18.2 Å². The van der Waals surface area contributed by atoms with E-state index < -0.39 is 0 Å². The van der Waals surface area contributed by atoms with Crippen LogP contribution in [0.15, 0.2) is 18.2 Å². The number of hydrogen-bond acceptors (Lipinski definition) is 4. The zero-order chi connectivity index (χ0) is 14.9. The van der Waals surface area contributed by atoms with Crippen LogP contribution in [-0.2, 0) is 0 Å². The molecular weight excluding hydrogens is 266 g/mol. The number of nitrogens with zero attached hydrogens (tertiary/aromatic N) is 1. The van der Waals surface area contributed by atoms with Crippen LogP contribution in [0.2, 0.25) is 0 Å². The van der Waals surface area contributed by atoms with Crippen molar-refractivity contribution in [1.82, 2.24) is 4.90 Å². The maximum Gasteiger partial charge on any atom is 0.204 e. The quantitative estimate of drug-likeness (QED) is 0.780. The standard InChI is InChI=1S/C17H23NO3/c1-19-15-9-8-10-16(20-2)17(15)21-14-7-6-13-18-11-4-3-5-12-18/h8-10H,3-5,11-14H2,1-2H3. The summed E-state index contributed by atoms with van der Waals surface area (Å²) in [6.45, 7) is 3.49. The van der Waals surface area contributed by atoms with Gasteiger partial charge in [0.2, 0.25) is 5.75 Å². The molecule has 4 nitrogen and oxygen atoms in total. The van der Waals surface area contributed by atoms with E-state index in [2.05, 4.69) is 16.7 Å². The first-order valence-corrected chi connectivity index (χ1v) is 7.37. The molecule has 2 rings (SSSR count). The third-order valence-electron chi connectivity index (χ3n) is 3.55. The fourth-order valence-electron chi connectivity index (χ4n) is 2.40. The van der Waals surface area contributed by atoms with E-state index >= 15 is 0 Å². The first kappa shape index (κ1) is 15.5. The van der Waals surface area contributed by atoms with Crippen molar-refractivity contribution in [3.63, 3.8) is 0 Å². The molecule has 1 saturated heterocycles. The maximum absolute atomic E-state index is 5.70. The zero-order valence-corrected chi connectivity index (χ0v) is 12.9. The van der Waals surface area contributed by atoms with Crippen molar-refractivity contribution in [2.45, 2.75) is 19.3 Å². The molecule has 1 aromatic carbocycles. The number of hydrogen-bond donors (Lipinski definition) is 0. The minimum Gasteiger partial charge on any atom is -0.493 e. The van der Waals surface area contributed by atoms with Gasteiger partial charge in [0.25, 0.3) is 0 Å². The highest BCUT2D eigenvalue weighted by atomic mass is 16.5. The SMILES string of the molecule is COc1cccc(OC)c1OCC#CCN1CCCCC1. The first-order valence-electron chi connectivity index (χ1n) is 7.37. The van der Waals surface area contributed by atoms with E-state index in [1.54, 1.807) is 14.2 Å². The smallest absolute Gasteiger partial charge is 0.204 e. The Morgan fingerprint density at radius 2 is 1.67 bits per heavy atom. The molecule has 0 spiro atoms. The minimum absolute atomic E-state index is 0.338. The van der Waals surface area contributed by atoms with E-state index in [1.165, 1.54) is 19.3 Å². The number of likely N-dealkylation sites (tertiary alicyclic amines) is 1. The van der Waals surface area contributed by atoms with Gasteiger partial charge >= 0.3 is 0 Å². The van der Waals surface area contributed by atoms with Gasteiger partial charge in [-0.3, -0.25) is 4.90 Å². The molecule has 0 radical (unpaired) electrons. The molecule has 0 atom stereocenters. The molecule has 1 aliphatic rings. The lowest BCUT2D eigenvalue weighted by molar-refractivity contribution is 0.255. The van der Waals surface area contributed by atoms with Gasteiger partial charge in [-0.25, -0.2) is 0 Å². The van der Waals surface area contributed by atoms with Crippen LogP contribution in [0, 0.1) is 11.8 Å². The molecule has 0 N–H and O–H groups in total. The van der Waals surface area contributed by atoms with Crippen molar-refractivity contribution >= 4 is 0 Å². The van der Waals surface area contributed by atoms with Crippen LogP contribution in [-0.4, -0.2) is 45.4 Å². The molecule has 1 fully saturated rings. The van der Waals surface area contributed by atoms with Crippen molar-refractivity contribution < 1.29 is 14.2 Å². The molecule has 1 aromatic rings. The number of benzene rings is 1. The third kappa shape index (κ3) is 4.57. The van der Waals surface area contributed by atoms with Gasteiger partial charge in [-0.1, -0.05) is 24.3 Å². The van der Waals surface area contributed by atoms with Crippen molar-refractivity contribution in [3.05, 3.63) is 18.2 Å². The van der Waals surface area contributed by atoms with Gasteiger partial charge in [0, 0.05) is 0 Å². The molecule has 4 heteroatoms. The summed E-state index contributed by atoms with van der Waals surface area (Å²) in [6.07, 6.45) is 3.92. The molecule has 1 aliphatic heterocycles. The van der Waals surface area contributed by atoms with Crippen molar-refractivity contribution in [2.24, 2.45) is 0 Å². The highest BCUT2D eigenvalue weighted by molar-refractivity contribution is 5.51. The second-order valence-corrected chi connectivity index (χ2v) is 4.97. The highest BCUT2D eigenvalue weighted by Crippen LogP contribution is 2.36. The Bertz CT molecular complexity index is 476. The van der Waals surface area contributed by atoms with Gasteiger partial charge in [-0.15, -0.1) is 0 Å². The largest absolute Gasteiger partial charge is 0.493 e. The van der Waals surface area contributed by atoms with Crippen molar-refractivity contribution in [3.8, 4) is 29.1 Å². The Morgan fingerprint density at radius 1 is 1.00 bits per heavy atom. The average Bonchev–Trinajstić information content (AvgIpc) is 2.55. The van der Waals surface area contributed by atoms with Crippen LogP contribution in [0.1, 0.15) is 19.3 Å². The first-order chi connectivity index (χ1) is 10.3. The Morgan fingerprint density at radius 3 is 2.29 bits per heavy atom. The highest BCUT2D eigenvalue weighted by Gasteiger charge is 2.10. The molecule has 114 valence electrons. The molecule has 1 heterocycles. The molecule has 0 aliphatic carbocycles. The summed E-state index contributed by atoms with van der Waals surface area (Å²) in [7, 11) is 3.23. The molecule has 0 bridgehead atoms. The van der Waals surface area contributed by atoms with Gasteiger partial charge in [0.15, 0.2) is 11.5 Å². The lowest BCUT2D eigenvalue weighted by Gasteiger charge is -2.23. The molecule has 0 unspecified atom stereocenters. The fraction of sp³-hybridized carbons (Fsp3) is 0.529. The summed E-state index contributed by atoms with van der Waals surface area (Å²) in [5, 5.41) is 0. The Labute approximate surface area is 127 Å². The number of para-hydroxylation sites is 1. The Kier molecular flexibility index (Phi) is 6.23. The number of piperidine rings is 1. The number of ether oxygens (including phenoxy) is 3. The summed E-state index contributed by atoms with van der Waals surface area (Å²) in [4.78, 5) is 2.39. The lowest BCUT2D eigenvalue weighted by atomic mass is 10.1. The molecule has 0 amide bonds. The van der Waals surface area contributed by atoms with Crippen LogP contribution in [0.25, 0.3) is 0 Å². The predicted molar refractivity (Wildman–Crippen MR) is 83.1 cm³/mol. The molecule has 21 heavy (non-hydrogen) atoms. The molecule has 0 saturated carbocycles. The Hall–Kier alpha value is -1.86. The van der Waals surface area contributed by atoms with Crippen LogP contribution < -0.4 is 14.2 Å². The van der Waals surface area contributed by atoms with Crippen LogP contribution in [0.4, 0.5) is 0 Å². The van der Waals surface area contributed by atoms with Gasteiger partial charge < -0.3 is 14.2 Å². The maximum atomic E-state index is 5.70. The summed E-state index contributed by atoms with van der Waals surface area (Å²) < 4.78 is 16.3. The van der Waals surface area contributed by atoms with E-state index in [0.29, 0.717) is 23.9 Å². The van der Waals surface area contributed by atoms with E-state index in [4.69, 9.17) is 14.2 Å².